The third-order valence-electron chi connectivity index (χ3n) is 2.29. The molecular weight excluding hydrogens is 166 g/mol. The van der Waals surface area contributed by atoms with Crippen LogP contribution in [0.3, 0.4) is 0 Å². The first-order chi connectivity index (χ1) is 6.43. The molecule has 0 radical (unpaired) electrons. The summed E-state index contributed by atoms with van der Waals surface area (Å²) in [5.74, 6) is 0. The van der Waals surface area contributed by atoms with E-state index in [9.17, 15) is 0 Å². The largest absolute Gasteiger partial charge is 0.380 e. The molecule has 0 aromatic heterocycles. The molecule has 78 valence electrons. The van der Waals surface area contributed by atoms with Crippen LogP contribution >= 0.6 is 0 Å². The molecule has 0 bridgehead atoms. The van der Waals surface area contributed by atoms with Crippen LogP contribution < -0.4 is 5.32 Å². The maximum atomic E-state index is 5.51. The zero-order valence-corrected chi connectivity index (χ0v) is 8.55. The molecule has 13 heavy (non-hydrogen) atoms. The van der Waals surface area contributed by atoms with E-state index in [1.54, 1.807) is 0 Å². The molecule has 1 aliphatic heterocycles. The molecule has 1 atom stereocenters. The molecule has 1 heterocycles. The highest BCUT2D eigenvalue weighted by Crippen LogP contribution is 2.14. The Hall–Kier alpha value is -0.120. The third kappa shape index (κ3) is 5.24. The fourth-order valence-corrected chi connectivity index (χ4v) is 1.55. The summed E-state index contributed by atoms with van der Waals surface area (Å²) in [6.45, 7) is 6.63. The van der Waals surface area contributed by atoms with Crippen LogP contribution in [-0.2, 0) is 9.47 Å². The number of ether oxygens (including phenoxy) is 2. The Balaban J connectivity index is 1.78. The van der Waals surface area contributed by atoms with Gasteiger partial charge in [-0.3, -0.25) is 0 Å². The minimum absolute atomic E-state index is 0.514. The van der Waals surface area contributed by atoms with Crippen molar-refractivity contribution in [2.45, 2.75) is 32.3 Å². The quantitative estimate of drug-likeness (QED) is 0.607. The molecule has 0 aliphatic carbocycles. The van der Waals surface area contributed by atoms with Crippen LogP contribution in [0.2, 0.25) is 0 Å². The van der Waals surface area contributed by atoms with Crippen molar-refractivity contribution in [1.82, 2.24) is 5.32 Å². The van der Waals surface area contributed by atoms with Gasteiger partial charge in [0.2, 0.25) is 0 Å². The molecule has 1 unspecified atom stereocenters. The van der Waals surface area contributed by atoms with Crippen molar-refractivity contribution in [1.29, 1.82) is 0 Å². The Morgan fingerprint density at radius 2 is 2.38 bits per heavy atom. The molecule has 3 nitrogen and oxygen atoms in total. The fraction of sp³-hybridized carbons (Fsp3) is 1.00. The van der Waals surface area contributed by atoms with Crippen molar-refractivity contribution in [2.75, 3.05) is 32.9 Å². The maximum absolute atomic E-state index is 5.51. The Bertz CT molecular complexity index is 113. The van der Waals surface area contributed by atoms with E-state index in [0.29, 0.717) is 6.10 Å². The van der Waals surface area contributed by atoms with Crippen LogP contribution in [0.4, 0.5) is 0 Å². The first-order valence-corrected chi connectivity index (χ1v) is 5.33. The summed E-state index contributed by atoms with van der Waals surface area (Å²) < 4.78 is 10.7. The van der Waals surface area contributed by atoms with Gasteiger partial charge in [0, 0.05) is 19.8 Å². The monoisotopic (exact) mass is 187 g/mol. The third-order valence-corrected chi connectivity index (χ3v) is 2.29. The summed E-state index contributed by atoms with van der Waals surface area (Å²) in [5.41, 5.74) is 0. The van der Waals surface area contributed by atoms with E-state index >= 15 is 0 Å². The molecule has 1 N–H and O–H groups in total. The lowest BCUT2D eigenvalue weighted by atomic mass is 10.2. The topological polar surface area (TPSA) is 30.5 Å². The Kier molecular flexibility index (Phi) is 6.15. The Labute approximate surface area is 80.8 Å². The maximum Gasteiger partial charge on any atom is 0.0590 e. The van der Waals surface area contributed by atoms with Gasteiger partial charge in [-0.25, -0.2) is 0 Å². The second-order valence-electron chi connectivity index (χ2n) is 3.37. The van der Waals surface area contributed by atoms with Gasteiger partial charge in [0.15, 0.2) is 0 Å². The van der Waals surface area contributed by atoms with E-state index in [-0.39, 0.29) is 0 Å². The fourth-order valence-electron chi connectivity index (χ4n) is 1.55. The van der Waals surface area contributed by atoms with Gasteiger partial charge in [-0.15, -0.1) is 0 Å². The molecule has 0 spiro atoms. The second kappa shape index (κ2) is 7.30. The number of rotatable bonds is 7. The predicted molar refractivity (Wildman–Crippen MR) is 53.0 cm³/mol. The highest BCUT2D eigenvalue weighted by atomic mass is 16.5. The first kappa shape index (κ1) is 11.0. The van der Waals surface area contributed by atoms with Crippen LogP contribution in [0.25, 0.3) is 0 Å². The van der Waals surface area contributed by atoms with Crippen LogP contribution in [0.1, 0.15) is 26.2 Å². The van der Waals surface area contributed by atoms with Crippen molar-refractivity contribution >= 4 is 0 Å². The molecule has 1 fully saturated rings. The molecule has 3 heteroatoms. The SMILES string of the molecule is CCOCCNCCC1CCCO1. The van der Waals surface area contributed by atoms with E-state index in [1.807, 2.05) is 6.92 Å². The van der Waals surface area contributed by atoms with Gasteiger partial charge in [0.25, 0.3) is 0 Å². The highest BCUT2D eigenvalue weighted by molar-refractivity contribution is 4.65. The molecule has 1 rings (SSSR count). The van der Waals surface area contributed by atoms with E-state index < -0.39 is 0 Å². The average Bonchev–Trinajstić information content (AvgIpc) is 2.63. The summed E-state index contributed by atoms with van der Waals surface area (Å²) in [5, 5.41) is 3.34. The Morgan fingerprint density at radius 3 is 3.08 bits per heavy atom. The van der Waals surface area contributed by atoms with Crippen molar-refractivity contribution in [2.24, 2.45) is 0 Å². The number of nitrogens with one attached hydrogen (secondary N) is 1. The number of hydrogen-bond acceptors (Lipinski definition) is 3. The highest BCUT2D eigenvalue weighted by Gasteiger charge is 2.13. The van der Waals surface area contributed by atoms with Gasteiger partial charge in [-0.1, -0.05) is 0 Å². The molecule has 1 saturated heterocycles. The predicted octanol–water partition coefficient (Wildman–Crippen LogP) is 1.18. The van der Waals surface area contributed by atoms with E-state index in [1.165, 1.54) is 12.8 Å². The summed E-state index contributed by atoms with van der Waals surface area (Å²) in [6, 6.07) is 0. The van der Waals surface area contributed by atoms with Gasteiger partial charge in [-0.2, -0.15) is 0 Å². The molecule has 0 aromatic carbocycles. The van der Waals surface area contributed by atoms with Crippen LogP contribution in [0.15, 0.2) is 0 Å². The lowest BCUT2D eigenvalue weighted by molar-refractivity contribution is 0.102. The smallest absolute Gasteiger partial charge is 0.0590 e. The number of hydrogen-bond donors (Lipinski definition) is 1. The lowest BCUT2D eigenvalue weighted by Crippen LogP contribution is -2.24. The summed E-state index contributed by atoms with van der Waals surface area (Å²) >= 11 is 0. The Morgan fingerprint density at radius 1 is 1.46 bits per heavy atom. The lowest BCUT2D eigenvalue weighted by Gasteiger charge is -2.09. The van der Waals surface area contributed by atoms with Crippen molar-refractivity contribution in [3.05, 3.63) is 0 Å². The molecule has 0 aromatic rings. The molecule has 0 saturated carbocycles. The minimum atomic E-state index is 0.514. The molecular formula is C10H21NO2. The second-order valence-corrected chi connectivity index (χ2v) is 3.37. The molecule has 0 amide bonds. The van der Waals surface area contributed by atoms with Gasteiger partial charge >= 0.3 is 0 Å². The van der Waals surface area contributed by atoms with Gasteiger partial charge in [-0.05, 0) is 32.7 Å². The normalized spacial score (nSPS) is 22.4. The van der Waals surface area contributed by atoms with Gasteiger partial charge in [0.05, 0.1) is 12.7 Å². The minimum Gasteiger partial charge on any atom is -0.380 e. The van der Waals surface area contributed by atoms with Crippen LogP contribution in [0.5, 0.6) is 0 Å². The summed E-state index contributed by atoms with van der Waals surface area (Å²) in [4.78, 5) is 0. The average molecular weight is 187 g/mol. The first-order valence-electron chi connectivity index (χ1n) is 5.33. The van der Waals surface area contributed by atoms with Crippen molar-refractivity contribution in [3.63, 3.8) is 0 Å². The summed E-state index contributed by atoms with van der Waals surface area (Å²) in [6.07, 6.45) is 4.14. The van der Waals surface area contributed by atoms with Crippen molar-refractivity contribution < 1.29 is 9.47 Å². The van der Waals surface area contributed by atoms with E-state index in [4.69, 9.17) is 9.47 Å². The zero-order valence-electron chi connectivity index (χ0n) is 8.55. The van der Waals surface area contributed by atoms with Crippen LogP contribution in [-0.4, -0.2) is 39.0 Å². The van der Waals surface area contributed by atoms with Gasteiger partial charge < -0.3 is 14.8 Å². The van der Waals surface area contributed by atoms with Crippen molar-refractivity contribution in [3.8, 4) is 0 Å². The van der Waals surface area contributed by atoms with Gasteiger partial charge in [0.1, 0.15) is 0 Å². The molecule has 1 aliphatic rings. The standard InChI is InChI=1S/C10H21NO2/c1-2-12-9-7-11-6-5-10-4-3-8-13-10/h10-11H,2-9H2,1H3. The van der Waals surface area contributed by atoms with Crippen LogP contribution in [0, 0.1) is 0 Å². The van der Waals surface area contributed by atoms with E-state index in [0.717, 1.165) is 39.3 Å². The summed E-state index contributed by atoms with van der Waals surface area (Å²) in [7, 11) is 0. The van der Waals surface area contributed by atoms with E-state index in [2.05, 4.69) is 5.32 Å². The zero-order chi connectivity index (χ0) is 9.36.